The Labute approximate surface area is 123 Å². The van der Waals surface area contributed by atoms with Crippen LogP contribution in [0.3, 0.4) is 0 Å². The lowest BCUT2D eigenvalue weighted by molar-refractivity contribution is -0.385. The van der Waals surface area contributed by atoms with Crippen molar-refractivity contribution in [3.8, 4) is 0 Å². The van der Waals surface area contributed by atoms with Crippen molar-refractivity contribution >= 4 is 24.2 Å². The Morgan fingerprint density at radius 2 is 2.10 bits per heavy atom. The molecule has 7 heteroatoms. The molecule has 0 saturated carbocycles. The number of carbonyl (C=O) groups excluding carboxylic acids is 1. The number of amides is 1. The molecular formula is C13H17ClN2O4. The van der Waals surface area contributed by atoms with Gasteiger partial charge in [0.2, 0.25) is 0 Å². The third kappa shape index (κ3) is 3.01. The molecule has 0 aromatic heterocycles. The number of ether oxygens (including phenoxy) is 1. The number of nitro groups is 1. The fourth-order valence-electron chi connectivity index (χ4n) is 2.23. The molecule has 0 spiro atoms. The second-order valence-corrected chi connectivity index (χ2v) is 5.45. The van der Waals surface area contributed by atoms with Gasteiger partial charge in [0.1, 0.15) is 6.61 Å². The van der Waals surface area contributed by atoms with Crippen molar-refractivity contribution in [2.75, 3.05) is 6.61 Å². The van der Waals surface area contributed by atoms with Crippen LogP contribution in [0.5, 0.6) is 0 Å². The van der Waals surface area contributed by atoms with E-state index in [4.69, 9.17) is 4.74 Å². The highest BCUT2D eigenvalue weighted by molar-refractivity contribution is 5.85. The first-order chi connectivity index (χ1) is 8.81. The van der Waals surface area contributed by atoms with Gasteiger partial charge in [-0.25, -0.2) is 4.79 Å². The summed E-state index contributed by atoms with van der Waals surface area (Å²) in [5.74, 6) is 0. The summed E-state index contributed by atoms with van der Waals surface area (Å²) in [4.78, 5) is 21.9. The first kappa shape index (κ1) is 16.2. The van der Waals surface area contributed by atoms with E-state index in [1.54, 1.807) is 19.1 Å². The summed E-state index contributed by atoms with van der Waals surface area (Å²) in [5.41, 5.74) is 1.06. The van der Waals surface area contributed by atoms with Gasteiger partial charge in [-0.1, -0.05) is 26.0 Å². The largest absolute Gasteiger partial charge is 0.449 e. The Balaban J connectivity index is 0.00000200. The van der Waals surface area contributed by atoms with Gasteiger partial charge in [0.15, 0.2) is 0 Å². The average Bonchev–Trinajstić information content (AvgIpc) is 2.33. The number of nitro benzene ring substituents is 1. The minimum Gasteiger partial charge on any atom is -0.449 e. The van der Waals surface area contributed by atoms with E-state index in [0.717, 1.165) is 5.56 Å². The average molecular weight is 301 g/mol. The van der Waals surface area contributed by atoms with E-state index in [0.29, 0.717) is 5.56 Å². The van der Waals surface area contributed by atoms with Crippen LogP contribution in [0.25, 0.3) is 0 Å². The zero-order chi connectivity index (χ0) is 14.2. The van der Waals surface area contributed by atoms with Crippen molar-refractivity contribution in [2.24, 2.45) is 5.41 Å². The summed E-state index contributed by atoms with van der Waals surface area (Å²) < 4.78 is 4.96. The molecule has 20 heavy (non-hydrogen) atoms. The molecule has 1 aliphatic rings. The van der Waals surface area contributed by atoms with Crippen molar-refractivity contribution in [1.82, 2.24) is 5.32 Å². The number of hydrogen-bond acceptors (Lipinski definition) is 4. The second kappa shape index (κ2) is 5.66. The van der Waals surface area contributed by atoms with Gasteiger partial charge < -0.3 is 10.1 Å². The molecular weight excluding hydrogens is 284 g/mol. The van der Waals surface area contributed by atoms with E-state index < -0.39 is 11.0 Å². The van der Waals surface area contributed by atoms with Gasteiger partial charge >= 0.3 is 6.09 Å². The molecule has 1 amide bonds. The Morgan fingerprint density at radius 3 is 2.70 bits per heavy atom. The Bertz CT molecular complexity index is 545. The lowest BCUT2D eigenvalue weighted by Gasteiger charge is -2.38. The van der Waals surface area contributed by atoms with Crippen molar-refractivity contribution < 1.29 is 14.5 Å². The zero-order valence-electron chi connectivity index (χ0n) is 11.5. The SMILES string of the molecule is Cc1ccc([C@@H]2NC(=O)OCC2(C)C)cc1[N+](=O)[O-].Cl. The Kier molecular flexibility index (Phi) is 4.60. The van der Waals surface area contributed by atoms with E-state index in [9.17, 15) is 14.9 Å². The fraction of sp³-hybridized carbons (Fsp3) is 0.462. The van der Waals surface area contributed by atoms with Crippen LogP contribution in [0.4, 0.5) is 10.5 Å². The number of cyclic esters (lactones) is 1. The first-order valence-corrected chi connectivity index (χ1v) is 5.99. The molecule has 1 aliphatic heterocycles. The van der Waals surface area contributed by atoms with Gasteiger partial charge in [-0.05, 0) is 12.5 Å². The highest BCUT2D eigenvalue weighted by Gasteiger charge is 2.38. The minimum atomic E-state index is -0.493. The number of benzene rings is 1. The lowest BCUT2D eigenvalue weighted by Crippen LogP contribution is -2.46. The minimum absolute atomic E-state index is 0. The van der Waals surface area contributed by atoms with Gasteiger partial charge in [-0.2, -0.15) is 0 Å². The highest BCUT2D eigenvalue weighted by atomic mass is 35.5. The molecule has 1 fully saturated rings. The molecule has 0 bridgehead atoms. The lowest BCUT2D eigenvalue weighted by atomic mass is 9.80. The molecule has 6 nitrogen and oxygen atoms in total. The van der Waals surface area contributed by atoms with Crippen molar-refractivity contribution in [3.63, 3.8) is 0 Å². The first-order valence-electron chi connectivity index (χ1n) is 5.99. The van der Waals surface area contributed by atoms with Crippen LogP contribution in [-0.2, 0) is 4.74 Å². The number of carbonyl (C=O) groups is 1. The van der Waals surface area contributed by atoms with Crippen LogP contribution in [0.2, 0.25) is 0 Å². The van der Waals surface area contributed by atoms with E-state index in [2.05, 4.69) is 5.32 Å². The van der Waals surface area contributed by atoms with Gasteiger partial charge in [-0.15, -0.1) is 12.4 Å². The van der Waals surface area contributed by atoms with Crippen LogP contribution >= 0.6 is 12.4 Å². The molecule has 1 atom stereocenters. The van der Waals surface area contributed by atoms with Gasteiger partial charge in [-0.3, -0.25) is 10.1 Å². The number of nitrogens with zero attached hydrogens (tertiary/aromatic N) is 1. The quantitative estimate of drug-likeness (QED) is 0.672. The molecule has 0 radical (unpaired) electrons. The maximum Gasteiger partial charge on any atom is 0.407 e. The molecule has 1 N–H and O–H groups in total. The van der Waals surface area contributed by atoms with E-state index in [1.165, 1.54) is 6.07 Å². The molecule has 1 saturated heterocycles. The van der Waals surface area contributed by atoms with Gasteiger partial charge in [0.05, 0.1) is 11.0 Å². The van der Waals surface area contributed by atoms with Gasteiger partial charge in [0.25, 0.3) is 5.69 Å². The number of halogens is 1. The molecule has 0 aliphatic carbocycles. The van der Waals surface area contributed by atoms with E-state index in [1.807, 2.05) is 13.8 Å². The van der Waals surface area contributed by atoms with Crippen LogP contribution < -0.4 is 5.32 Å². The Morgan fingerprint density at radius 1 is 1.45 bits per heavy atom. The van der Waals surface area contributed by atoms with Crippen molar-refractivity contribution in [2.45, 2.75) is 26.8 Å². The fourth-order valence-corrected chi connectivity index (χ4v) is 2.23. The predicted octanol–water partition coefficient (Wildman–Crippen LogP) is 3.13. The molecule has 1 aromatic rings. The van der Waals surface area contributed by atoms with Crippen LogP contribution in [0.1, 0.15) is 31.0 Å². The highest BCUT2D eigenvalue weighted by Crippen LogP contribution is 2.37. The van der Waals surface area contributed by atoms with Crippen molar-refractivity contribution in [1.29, 1.82) is 0 Å². The van der Waals surface area contributed by atoms with Crippen LogP contribution in [0, 0.1) is 22.5 Å². The summed E-state index contributed by atoms with van der Waals surface area (Å²) in [6.07, 6.45) is -0.493. The molecule has 0 unspecified atom stereocenters. The summed E-state index contributed by atoms with van der Waals surface area (Å²) >= 11 is 0. The predicted molar refractivity (Wildman–Crippen MR) is 76.1 cm³/mol. The maximum absolute atomic E-state index is 11.4. The third-order valence-electron chi connectivity index (χ3n) is 3.38. The van der Waals surface area contributed by atoms with Crippen LogP contribution in [-0.4, -0.2) is 17.6 Å². The molecule has 110 valence electrons. The number of hydrogen-bond donors (Lipinski definition) is 1. The zero-order valence-corrected chi connectivity index (χ0v) is 12.3. The monoisotopic (exact) mass is 300 g/mol. The Hall–Kier alpha value is -1.82. The molecule has 2 rings (SSSR count). The third-order valence-corrected chi connectivity index (χ3v) is 3.38. The van der Waals surface area contributed by atoms with Crippen molar-refractivity contribution in [3.05, 3.63) is 39.4 Å². The summed E-state index contributed by atoms with van der Waals surface area (Å²) in [7, 11) is 0. The number of alkyl carbamates (subject to hydrolysis) is 1. The van der Waals surface area contributed by atoms with Gasteiger partial charge in [0, 0.05) is 17.0 Å². The smallest absolute Gasteiger partial charge is 0.407 e. The maximum atomic E-state index is 11.4. The van der Waals surface area contributed by atoms with E-state index in [-0.39, 0.29) is 36.2 Å². The summed E-state index contributed by atoms with van der Waals surface area (Å²) in [5, 5.41) is 13.7. The normalized spacial score (nSPS) is 20.4. The molecule has 1 aromatic carbocycles. The molecule has 1 heterocycles. The standard InChI is InChI=1S/C13H16N2O4.ClH/c1-8-4-5-9(6-10(8)15(17)18)11-13(2,3)7-19-12(16)14-11;/h4-6,11H,7H2,1-3H3,(H,14,16);1H/t11-;/m0./s1. The number of rotatable bonds is 2. The summed E-state index contributed by atoms with van der Waals surface area (Å²) in [6.45, 7) is 5.87. The van der Waals surface area contributed by atoms with E-state index >= 15 is 0 Å². The second-order valence-electron chi connectivity index (χ2n) is 5.45. The number of aryl methyl sites for hydroxylation is 1. The summed E-state index contributed by atoms with van der Waals surface area (Å²) in [6, 6.07) is 4.73. The number of nitrogens with one attached hydrogen (secondary N) is 1. The topological polar surface area (TPSA) is 81.5 Å². The van der Waals surface area contributed by atoms with Crippen LogP contribution in [0.15, 0.2) is 18.2 Å².